The number of nitrogens with zero attached hydrogens (tertiary/aromatic N) is 3. The van der Waals surface area contributed by atoms with E-state index in [1.54, 1.807) is 24.4 Å². The number of rotatable bonds is 3. The molecule has 3 N–H and O–H groups in total. The molecule has 0 aliphatic heterocycles. The van der Waals surface area contributed by atoms with Crippen molar-refractivity contribution in [3.8, 4) is 0 Å². The van der Waals surface area contributed by atoms with Gasteiger partial charge >= 0.3 is 0 Å². The Morgan fingerprint density at radius 1 is 1.27 bits per heavy atom. The Balaban J connectivity index is 2.15. The van der Waals surface area contributed by atoms with E-state index in [1.165, 1.54) is 10.0 Å². The molecule has 22 heavy (non-hydrogen) atoms. The molecule has 0 atom stereocenters. The van der Waals surface area contributed by atoms with E-state index >= 15 is 0 Å². The van der Waals surface area contributed by atoms with Crippen LogP contribution in [-0.2, 0) is 0 Å². The first-order valence-corrected chi connectivity index (χ1v) is 7.21. The van der Waals surface area contributed by atoms with E-state index in [1.807, 2.05) is 0 Å². The predicted octanol–water partition coefficient (Wildman–Crippen LogP) is 3.27. The van der Waals surface area contributed by atoms with Gasteiger partial charge in [-0.05, 0) is 35.9 Å². The summed E-state index contributed by atoms with van der Waals surface area (Å²) in [6.45, 7) is 0. The van der Waals surface area contributed by atoms with E-state index in [0.29, 0.717) is 27.6 Å². The number of halogens is 2. The Labute approximate surface area is 140 Å². The Bertz CT molecular complexity index is 896. The molecular weight excluding hydrogens is 345 g/mol. The number of hydrogen-bond acceptors (Lipinski definition) is 5. The predicted molar refractivity (Wildman–Crippen MR) is 90.2 cm³/mol. The van der Waals surface area contributed by atoms with Crippen LogP contribution in [0, 0.1) is 0 Å². The van der Waals surface area contributed by atoms with Crippen LogP contribution in [0.5, 0.6) is 0 Å². The lowest BCUT2D eigenvalue weighted by atomic mass is 10.1. The maximum absolute atomic E-state index is 11.5. The Morgan fingerprint density at radius 3 is 2.77 bits per heavy atom. The van der Waals surface area contributed by atoms with Gasteiger partial charge < -0.3 is 11.1 Å². The summed E-state index contributed by atoms with van der Waals surface area (Å²) in [5, 5.41) is 4.22. The van der Waals surface area contributed by atoms with Gasteiger partial charge in [-0.15, -0.1) is 0 Å². The lowest BCUT2D eigenvalue weighted by molar-refractivity contribution is 0.100. The fraction of sp³-hybridized carbons (Fsp3) is 0. The van der Waals surface area contributed by atoms with Gasteiger partial charge in [-0.2, -0.15) is 9.97 Å². The molecule has 112 valence electrons. The highest BCUT2D eigenvalue weighted by atomic mass is 35.5. The van der Waals surface area contributed by atoms with Crippen LogP contribution in [0.25, 0.3) is 11.0 Å². The number of fused-ring (bicyclic) bond motifs is 1. The van der Waals surface area contributed by atoms with Crippen molar-refractivity contribution in [2.45, 2.75) is 0 Å². The molecule has 0 unspecified atom stereocenters. The van der Waals surface area contributed by atoms with Crippen molar-refractivity contribution in [2.24, 2.45) is 5.73 Å². The summed E-state index contributed by atoms with van der Waals surface area (Å²) in [5.74, 6) is -0.158. The molecule has 2 aromatic heterocycles. The molecule has 0 radical (unpaired) electrons. The van der Waals surface area contributed by atoms with Gasteiger partial charge in [-0.3, -0.25) is 8.77 Å². The molecular formula is C13H9Cl2N5OS. The van der Waals surface area contributed by atoms with Gasteiger partial charge in [0.2, 0.25) is 5.28 Å². The first-order valence-electron chi connectivity index (χ1n) is 6.06. The molecule has 0 aliphatic rings. The molecule has 0 fully saturated rings. The van der Waals surface area contributed by atoms with E-state index in [9.17, 15) is 4.79 Å². The van der Waals surface area contributed by atoms with Crippen LogP contribution in [0.1, 0.15) is 10.4 Å². The summed E-state index contributed by atoms with van der Waals surface area (Å²) in [6, 6.07) is 6.48. The molecule has 3 rings (SSSR count). The largest absolute Gasteiger partial charge is 0.366 e. The second kappa shape index (κ2) is 5.68. The molecule has 3 aromatic rings. The lowest BCUT2D eigenvalue weighted by Crippen LogP contribution is -2.13. The van der Waals surface area contributed by atoms with Crippen LogP contribution in [0.2, 0.25) is 10.3 Å². The quantitative estimate of drug-likeness (QED) is 0.498. The summed E-state index contributed by atoms with van der Waals surface area (Å²) < 4.78 is 1.51. The van der Waals surface area contributed by atoms with Crippen LogP contribution in [-0.4, -0.2) is 19.8 Å². The Morgan fingerprint density at radius 2 is 2.05 bits per heavy atom. The summed E-state index contributed by atoms with van der Waals surface area (Å²) in [6.07, 6.45) is 1.71. The van der Waals surface area contributed by atoms with Gasteiger partial charge in [0.25, 0.3) is 5.91 Å². The monoisotopic (exact) mass is 353 g/mol. The van der Waals surface area contributed by atoms with Crippen LogP contribution >= 0.6 is 36.0 Å². The van der Waals surface area contributed by atoms with E-state index < -0.39 is 5.91 Å². The number of primary amides is 1. The highest BCUT2D eigenvalue weighted by Gasteiger charge is 2.14. The Hall–Kier alpha value is -1.96. The zero-order chi connectivity index (χ0) is 15.9. The van der Waals surface area contributed by atoms with Gasteiger partial charge in [0.15, 0.2) is 5.65 Å². The molecule has 9 heteroatoms. The molecule has 2 heterocycles. The number of carbonyl (C=O) groups excluding carboxylic acids is 1. The molecule has 1 aromatic carbocycles. The third kappa shape index (κ3) is 2.70. The van der Waals surface area contributed by atoms with Crippen molar-refractivity contribution < 1.29 is 4.79 Å². The third-order valence-electron chi connectivity index (χ3n) is 3.00. The number of aromatic nitrogens is 3. The standard InChI is InChI=1S/C13H9Cl2N5OS/c14-6-1-2-7(10(16)21)9(5-6)17-11-8-3-4-20(22)12(8)19-13(15)18-11/h1-5,22H,(H2,16,21)(H,17,18,19). The fourth-order valence-electron chi connectivity index (χ4n) is 2.03. The minimum absolute atomic E-state index is 0.0478. The van der Waals surface area contributed by atoms with E-state index in [-0.39, 0.29) is 10.8 Å². The number of nitrogens with two attached hydrogens (primary N) is 1. The van der Waals surface area contributed by atoms with Crippen molar-refractivity contribution in [3.05, 3.63) is 46.3 Å². The lowest BCUT2D eigenvalue weighted by Gasteiger charge is -2.11. The van der Waals surface area contributed by atoms with Crippen molar-refractivity contribution in [1.29, 1.82) is 0 Å². The fourth-order valence-corrected chi connectivity index (χ4v) is 2.59. The van der Waals surface area contributed by atoms with Crippen molar-refractivity contribution in [3.63, 3.8) is 0 Å². The maximum Gasteiger partial charge on any atom is 0.250 e. The average Bonchev–Trinajstić information content (AvgIpc) is 2.80. The number of thiol groups is 1. The molecule has 6 nitrogen and oxygen atoms in total. The van der Waals surface area contributed by atoms with Crippen LogP contribution < -0.4 is 11.1 Å². The Kier molecular flexibility index (Phi) is 3.86. The van der Waals surface area contributed by atoms with Crippen LogP contribution in [0.15, 0.2) is 30.5 Å². The zero-order valence-corrected chi connectivity index (χ0v) is 13.3. The van der Waals surface area contributed by atoms with Gasteiger partial charge in [-0.1, -0.05) is 24.4 Å². The van der Waals surface area contributed by atoms with Gasteiger partial charge in [0, 0.05) is 11.2 Å². The first-order chi connectivity index (χ1) is 10.5. The highest BCUT2D eigenvalue weighted by Crippen LogP contribution is 2.29. The molecule has 0 saturated carbocycles. The summed E-state index contributed by atoms with van der Waals surface area (Å²) in [4.78, 5) is 19.8. The number of carbonyl (C=O) groups is 1. The molecule has 0 saturated heterocycles. The van der Waals surface area contributed by atoms with Crippen molar-refractivity contribution in [2.75, 3.05) is 5.32 Å². The molecule has 0 bridgehead atoms. The molecule has 0 aliphatic carbocycles. The molecule has 1 amide bonds. The zero-order valence-electron chi connectivity index (χ0n) is 10.9. The van der Waals surface area contributed by atoms with Gasteiger partial charge in [0.1, 0.15) is 5.82 Å². The molecule has 0 spiro atoms. The van der Waals surface area contributed by atoms with E-state index in [2.05, 4.69) is 28.1 Å². The van der Waals surface area contributed by atoms with E-state index in [4.69, 9.17) is 28.9 Å². The van der Waals surface area contributed by atoms with Crippen LogP contribution in [0.4, 0.5) is 11.5 Å². The summed E-state index contributed by atoms with van der Waals surface area (Å²) >= 11 is 16.1. The van der Waals surface area contributed by atoms with Crippen molar-refractivity contribution >= 4 is 64.5 Å². The van der Waals surface area contributed by atoms with Crippen LogP contribution in [0.3, 0.4) is 0 Å². The summed E-state index contributed by atoms with van der Waals surface area (Å²) in [5.41, 5.74) is 6.63. The second-order valence-electron chi connectivity index (χ2n) is 4.42. The topological polar surface area (TPSA) is 85.8 Å². The maximum atomic E-state index is 11.5. The normalized spacial score (nSPS) is 10.9. The number of amides is 1. The first kappa shape index (κ1) is 15.0. The van der Waals surface area contributed by atoms with E-state index in [0.717, 1.165) is 0 Å². The van der Waals surface area contributed by atoms with Gasteiger partial charge in [0.05, 0.1) is 16.6 Å². The highest BCUT2D eigenvalue weighted by molar-refractivity contribution is 7.78. The van der Waals surface area contributed by atoms with Gasteiger partial charge in [-0.25, -0.2) is 0 Å². The minimum Gasteiger partial charge on any atom is -0.366 e. The summed E-state index contributed by atoms with van der Waals surface area (Å²) in [7, 11) is 0. The number of benzene rings is 1. The minimum atomic E-state index is -0.581. The second-order valence-corrected chi connectivity index (χ2v) is 5.62. The number of nitrogens with one attached hydrogen (secondary N) is 1. The third-order valence-corrected chi connectivity index (χ3v) is 3.72. The average molecular weight is 354 g/mol. The smallest absolute Gasteiger partial charge is 0.250 e. The van der Waals surface area contributed by atoms with Crippen molar-refractivity contribution in [1.82, 2.24) is 13.9 Å². The number of hydrogen-bond donors (Lipinski definition) is 3. The SMILES string of the molecule is NC(=O)c1ccc(Cl)cc1Nc1nc(Cl)nc2c1ccn2S. The number of anilines is 2.